The van der Waals surface area contributed by atoms with Crippen LogP contribution in [0, 0.1) is 19.8 Å². The first-order valence-electron chi connectivity index (χ1n) is 8.42. The van der Waals surface area contributed by atoms with Gasteiger partial charge in [-0.3, -0.25) is 0 Å². The van der Waals surface area contributed by atoms with Crippen LogP contribution in [0.1, 0.15) is 75.6 Å². The maximum atomic E-state index is 3.70. The Hall–Kier alpha value is -0.820. The summed E-state index contributed by atoms with van der Waals surface area (Å²) < 4.78 is 0. The molecule has 0 saturated carbocycles. The molecule has 1 N–H and O–H groups in total. The van der Waals surface area contributed by atoms with Crippen molar-refractivity contribution in [1.82, 2.24) is 5.32 Å². The van der Waals surface area contributed by atoms with Crippen LogP contribution >= 0.6 is 0 Å². The standard InChI is InChI=1S/C19H33N/c1-6-9-10-17(7-2)14-19(20-8-3)18-12-11-15(4)13-16(18)5/h11-13,17,19-20H,6-10,14H2,1-5H3. The molecule has 114 valence electrons. The molecule has 1 aromatic carbocycles. The maximum Gasteiger partial charge on any atom is 0.0325 e. The minimum Gasteiger partial charge on any atom is -0.310 e. The van der Waals surface area contributed by atoms with E-state index in [1.165, 1.54) is 48.8 Å². The van der Waals surface area contributed by atoms with Crippen LogP contribution in [-0.2, 0) is 0 Å². The minimum atomic E-state index is 0.516. The molecule has 0 spiro atoms. The molecule has 0 heterocycles. The van der Waals surface area contributed by atoms with Gasteiger partial charge in [-0.2, -0.15) is 0 Å². The second-order valence-electron chi connectivity index (χ2n) is 6.12. The molecule has 1 aromatic rings. The Morgan fingerprint density at radius 2 is 1.85 bits per heavy atom. The van der Waals surface area contributed by atoms with Crippen molar-refractivity contribution in [1.29, 1.82) is 0 Å². The van der Waals surface area contributed by atoms with E-state index in [0.717, 1.165) is 12.5 Å². The van der Waals surface area contributed by atoms with Gasteiger partial charge in [-0.05, 0) is 43.9 Å². The lowest BCUT2D eigenvalue weighted by atomic mass is 9.87. The number of hydrogen-bond acceptors (Lipinski definition) is 1. The molecule has 0 amide bonds. The molecular weight excluding hydrogens is 242 g/mol. The Balaban J connectivity index is 2.81. The highest BCUT2D eigenvalue weighted by molar-refractivity contribution is 5.32. The van der Waals surface area contributed by atoms with Crippen LogP contribution in [0.3, 0.4) is 0 Å². The highest BCUT2D eigenvalue weighted by Crippen LogP contribution is 2.29. The molecule has 1 heteroatoms. The van der Waals surface area contributed by atoms with Gasteiger partial charge in [0.05, 0.1) is 0 Å². The first kappa shape index (κ1) is 17.2. The average Bonchev–Trinajstić information content (AvgIpc) is 2.42. The Bertz CT molecular complexity index is 383. The van der Waals surface area contributed by atoms with Crippen LogP contribution in [0.5, 0.6) is 0 Å². The molecule has 0 aliphatic heterocycles. The highest BCUT2D eigenvalue weighted by atomic mass is 14.9. The van der Waals surface area contributed by atoms with Gasteiger partial charge in [0.2, 0.25) is 0 Å². The quantitative estimate of drug-likeness (QED) is 0.622. The average molecular weight is 275 g/mol. The Morgan fingerprint density at radius 3 is 2.40 bits per heavy atom. The summed E-state index contributed by atoms with van der Waals surface area (Å²) in [6.07, 6.45) is 6.62. The van der Waals surface area contributed by atoms with Crippen molar-refractivity contribution >= 4 is 0 Å². The summed E-state index contributed by atoms with van der Waals surface area (Å²) in [5.74, 6) is 0.847. The van der Waals surface area contributed by atoms with E-state index >= 15 is 0 Å². The zero-order valence-corrected chi connectivity index (χ0v) is 14.1. The number of unbranched alkanes of at least 4 members (excludes halogenated alkanes) is 1. The summed E-state index contributed by atoms with van der Waals surface area (Å²) in [4.78, 5) is 0. The molecule has 0 radical (unpaired) electrons. The lowest BCUT2D eigenvalue weighted by Gasteiger charge is -2.25. The molecule has 0 fully saturated rings. The lowest BCUT2D eigenvalue weighted by molar-refractivity contribution is 0.356. The molecule has 1 rings (SSSR count). The van der Waals surface area contributed by atoms with Gasteiger partial charge in [-0.25, -0.2) is 0 Å². The van der Waals surface area contributed by atoms with Gasteiger partial charge in [0, 0.05) is 6.04 Å². The van der Waals surface area contributed by atoms with Gasteiger partial charge < -0.3 is 5.32 Å². The van der Waals surface area contributed by atoms with Crippen molar-refractivity contribution in [3.05, 3.63) is 34.9 Å². The topological polar surface area (TPSA) is 12.0 Å². The smallest absolute Gasteiger partial charge is 0.0325 e. The predicted molar refractivity (Wildman–Crippen MR) is 90.3 cm³/mol. The van der Waals surface area contributed by atoms with E-state index in [2.05, 4.69) is 58.1 Å². The van der Waals surface area contributed by atoms with E-state index in [9.17, 15) is 0 Å². The lowest BCUT2D eigenvalue weighted by Crippen LogP contribution is -2.24. The van der Waals surface area contributed by atoms with Crippen molar-refractivity contribution in [2.24, 2.45) is 5.92 Å². The molecule has 0 aliphatic rings. The first-order valence-corrected chi connectivity index (χ1v) is 8.42. The van der Waals surface area contributed by atoms with Crippen LogP contribution in [0.2, 0.25) is 0 Å². The van der Waals surface area contributed by atoms with E-state index in [4.69, 9.17) is 0 Å². The number of nitrogens with one attached hydrogen (secondary N) is 1. The third kappa shape index (κ3) is 5.28. The molecular formula is C19H33N. The Kier molecular flexibility index (Phi) is 7.91. The summed E-state index contributed by atoms with van der Waals surface area (Å²) in [7, 11) is 0. The Labute approximate surface area is 126 Å². The van der Waals surface area contributed by atoms with Gasteiger partial charge in [0.1, 0.15) is 0 Å². The van der Waals surface area contributed by atoms with Crippen LogP contribution in [-0.4, -0.2) is 6.54 Å². The molecule has 2 atom stereocenters. The molecule has 0 saturated heterocycles. The van der Waals surface area contributed by atoms with E-state index in [1.54, 1.807) is 0 Å². The number of benzene rings is 1. The molecule has 20 heavy (non-hydrogen) atoms. The summed E-state index contributed by atoms with van der Waals surface area (Å²) in [5.41, 5.74) is 4.29. The fraction of sp³-hybridized carbons (Fsp3) is 0.684. The zero-order valence-electron chi connectivity index (χ0n) is 14.1. The van der Waals surface area contributed by atoms with Crippen molar-refractivity contribution < 1.29 is 0 Å². The van der Waals surface area contributed by atoms with Crippen molar-refractivity contribution in [3.63, 3.8) is 0 Å². The van der Waals surface area contributed by atoms with E-state index in [0.29, 0.717) is 6.04 Å². The summed E-state index contributed by atoms with van der Waals surface area (Å²) >= 11 is 0. The fourth-order valence-electron chi connectivity index (χ4n) is 3.10. The van der Waals surface area contributed by atoms with Gasteiger partial charge in [-0.15, -0.1) is 0 Å². The highest BCUT2D eigenvalue weighted by Gasteiger charge is 2.17. The van der Waals surface area contributed by atoms with Gasteiger partial charge >= 0.3 is 0 Å². The van der Waals surface area contributed by atoms with Crippen molar-refractivity contribution in [2.75, 3.05) is 6.54 Å². The van der Waals surface area contributed by atoms with Crippen molar-refractivity contribution in [2.45, 2.75) is 72.8 Å². The third-order valence-electron chi connectivity index (χ3n) is 4.36. The SMILES string of the molecule is CCCCC(CC)CC(NCC)c1ccc(C)cc1C. The number of rotatable bonds is 9. The summed E-state index contributed by atoms with van der Waals surface area (Å²) in [5, 5.41) is 3.70. The van der Waals surface area contributed by atoms with Crippen LogP contribution < -0.4 is 5.32 Å². The Morgan fingerprint density at radius 1 is 1.10 bits per heavy atom. The monoisotopic (exact) mass is 275 g/mol. The van der Waals surface area contributed by atoms with E-state index in [-0.39, 0.29) is 0 Å². The maximum absolute atomic E-state index is 3.70. The molecule has 0 bridgehead atoms. The van der Waals surface area contributed by atoms with Crippen molar-refractivity contribution in [3.8, 4) is 0 Å². The predicted octanol–water partition coefficient (Wildman–Crippen LogP) is 5.56. The van der Waals surface area contributed by atoms with E-state index < -0.39 is 0 Å². The summed E-state index contributed by atoms with van der Waals surface area (Å²) in [6.45, 7) is 12.3. The normalized spacial score (nSPS) is 14.2. The first-order chi connectivity index (χ1) is 9.62. The number of aryl methyl sites for hydroxylation is 2. The minimum absolute atomic E-state index is 0.516. The molecule has 0 aliphatic carbocycles. The summed E-state index contributed by atoms with van der Waals surface area (Å²) in [6, 6.07) is 7.40. The van der Waals surface area contributed by atoms with Gasteiger partial charge in [0.25, 0.3) is 0 Å². The van der Waals surface area contributed by atoms with Gasteiger partial charge in [-0.1, -0.05) is 70.2 Å². The fourth-order valence-corrected chi connectivity index (χ4v) is 3.10. The second-order valence-corrected chi connectivity index (χ2v) is 6.12. The largest absolute Gasteiger partial charge is 0.310 e. The van der Waals surface area contributed by atoms with E-state index in [1.807, 2.05) is 0 Å². The van der Waals surface area contributed by atoms with Gasteiger partial charge in [0.15, 0.2) is 0 Å². The molecule has 1 nitrogen and oxygen atoms in total. The van der Waals surface area contributed by atoms with Crippen LogP contribution in [0.4, 0.5) is 0 Å². The molecule has 2 unspecified atom stereocenters. The second kappa shape index (κ2) is 9.18. The molecule has 0 aromatic heterocycles. The van der Waals surface area contributed by atoms with Crippen LogP contribution in [0.15, 0.2) is 18.2 Å². The van der Waals surface area contributed by atoms with Crippen LogP contribution in [0.25, 0.3) is 0 Å². The zero-order chi connectivity index (χ0) is 15.0. The third-order valence-corrected chi connectivity index (χ3v) is 4.36. The number of hydrogen-bond donors (Lipinski definition) is 1.